The lowest BCUT2D eigenvalue weighted by molar-refractivity contribution is 0.670. The van der Waals surface area contributed by atoms with Crippen molar-refractivity contribution in [2.45, 2.75) is 0 Å². The van der Waals surface area contributed by atoms with Crippen molar-refractivity contribution in [1.82, 2.24) is 8.97 Å². The average Bonchev–Trinajstić information content (AvgIpc) is 3.70. The number of fused-ring (bicyclic) bond motifs is 12. The van der Waals surface area contributed by atoms with Crippen molar-refractivity contribution < 1.29 is 4.42 Å². The van der Waals surface area contributed by atoms with Crippen molar-refractivity contribution in [3.63, 3.8) is 0 Å². The van der Waals surface area contributed by atoms with Crippen LogP contribution in [0.25, 0.3) is 87.5 Å². The molecule has 0 aliphatic rings. The Labute approximate surface area is 222 Å². The molecule has 0 N–H and O–H groups in total. The molecule has 3 nitrogen and oxygen atoms in total. The second kappa shape index (κ2) is 6.77. The Morgan fingerprint density at radius 3 is 1.72 bits per heavy atom. The maximum Gasteiger partial charge on any atom is 0.136 e. The van der Waals surface area contributed by atoms with Crippen LogP contribution in [0.1, 0.15) is 0 Å². The molecule has 0 bridgehead atoms. The third-order valence-corrected chi connectivity index (χ3v) is 8.62. The minimum Gasteiger partial charge on any atom is -0.456 e. The predicted molar refractivity (Wildman–Crippen MR) is 163 cm³/mol. The Morgan fingerprint density at radius 1 is 0.385 bits per heavy atom. The number of hydrogen-bond acceptors (Lipinski definition) is 1. The fourth-order valence-electron chi connectivity index (χ4n) is 7.01. The first-order chi connectivity index (χ1) is 19.3. The summed E-state index contributed by atoms with van der Waals surface area (Å²) in [4.78, 5) is 0. The van der Waals surface area contributed by atoms with Crippen molar-refractivity contribution in [2.24, 2.45) is 0 Å². The lowest BCUT2D eigenvalue weighted by atomic mass is 10.1. The Bertz CT molecular complexity index is 2600. The number of rotatable bonds is 1. The Hall–Kier alpha value is -5.28. The van der Waals surface area contributed by atoms with E-state index >= 15 is 0 Å². The standard InChI is InChI=1S/C36H20N2O/c1-2-9-21(10-3-1)37-30-15-6-5-12-23(30)26-19-34-28(17-32(26)37)29-18-33-27(20-35(29)39-34)25-14-8-13-24-22-11-4-7-16-31(22)38(33)36(24)25/h1-20H. The molecule has 3 heteroatoms. The number of nitrogens with zero attached hydrogens (tertiary/aromatic N) is 2. The molecule has 0 atom stereocenters. The third-order valence-electron chi connectivity index (χ3n) is 8.62. The van der Waals surface area contributed by atoms with Gasteiger partial charge in [0, 0.05) is 48.8 Å². The fourth-order valence-corrected chi connectivity index (χ4v) is 7.01. The van der Waals surface area contributed by atoms with Gasteiger partial charge in [-0.05, 0) is 48.5 Å². The highest BCUT2D eigenvalue weighted by atomic mass is 16.3. The molecule has 0 aliphatic carbocycles. The summed E-state index contributed by atoms with van der Waals surface area (Å²) in [7, 11) is 0. The smallest absolute Gasteiger partial charge is 0.136 e. The summed E-state index contributed by atoms with van der Waals surface area (Å²) in [6.45, 7) is 0. The molecular formula is C36H20N2O. The second-order valence-corrected chi connectivity index (χ2v) is 10.6. The van der Waals surface area contributed by atoms with Crippen molar-refractivity contribution in [2.75, 3.05) is 0 Å². The molecule has 0 radical (unpaired) electrons. The van der Waals surface area contributed by atoms with Gasteiger partial charge in [-0.1, -0.05) is 72.8 Å². The molecule has 4 heterocycles. The van der Waals surface area contributed by atoms with Crippen LogP contribution >= 0.6 is 0 Å². The van der Waals surface area contributed by atoms with E-state index < -0.39 is 0 Å². The summed E-state index contributed by atoms with van der Waals surface area (Å²) in [5.74, 6) is 0. The number of para-hydroxylation sites is 4. The normalized spacial score (nSPS) is 12.6. The van der Waals surface area contributed by atoms with Gasteiger partial charge in [-0.25, -0.2) is 0 Å². The highest BCUT2D eigenvalue weighted by molar-refractivity contribution is 6.26. The molecule has 0 unspecified atom stereocenters. The maximum absolute atomic E-state index is 6.59. The monoisotopic (exact) mass is 496 g/mol. The van der Waals surface area contributed by atoms with Crippen LogP contribution in [0.4, 0.5) is 0 Å². The van der Waals surface area contributed by atoms with E-state index in [2.05, 4.69) is 130 Å². The largest absolute Gasteiger partial charge is 0.456 e. The summed E-state index contributed by atoms with van der Waals surface area (Å²) in [6.07, 6.45) is 0. The zero-order valence-electron chi connectivity index (χ0n) is 20.8. The van der Waals surface area contributed by atoms with Gasteiger partial charge < -0.3 is 13.4 Å². The van der Waals surface area contributed by atoms with Crippen LogP contribution in [-0.4, -0.2) is 8.97 Å². The van der Waals surface area contributed by atoms with Gasteiger partial charge in [0.05, 0.1) is 27.6 Å². The number of furan rings is 1. The zero-order chi connectivity index (χ0) is 25.2. The van der Waals surface area contributed by atoms with E-state index in [1.54, 1.807) is 0 Å². The van der Waals surface area contributed by atoms with Gasteiger partial charge in [-0.15, -0.1) is 0 Å². The molecule has 6 aromatic carbocycles. The molecule has 4 aromatic heterocycles. The van der Waals surface area contributed by atoms with Crippen molar-refractivity contribution >= 4 is 81.8 Å². The molecule has 10 rings (SSSR count). The third kappa shape index (κ3) is 2.35. The first-order valence-corrected chi connectivity index (χ1v) is 13.4. The summed E-state index contributed by atoms with van der Waals surface area (Å²) >= 11 is 0. The van der Waals surface area contributed by atoms with E-state index in [0.717, 1.165) is 27.6 Å². The molecule has 0 spiro atoms. The fraction of sp³-hybridized carbons (Fsp3) is 0. The van der Waals surface area contributed by atoms with Gasteiger partial charge in [-0.2, -0.15) is 0 Å². The van der Waals surface area contributed by atoms with Gasteiger partial charge >= 0.3 is 0 Å². The SMILES string of the molecule is c1ccc(-n2c3ccccc3c3cc4oc5cc6c7cccc8c9ccccc9n(c6cc5c4cc32)c87)cc1. The first kappa shape index (κ1) is 19.8. The van der Waals surface area contributed by atoms with Crippen LogP contribution in [0.15, 0.2) is 126 Å². The minimum atomic E-state index is 0.924. The minimum absolute atomic E-state index is 0.924. The maximum atomic E-state index is 6.59. The van der Waals surface area contributed by atoms with Crippen LogP contribution in [0.5, 0.6) is 0 Å². The molecule has 0 saturated carbocycles. The average molecular weight is 497 g/mol. The lowest BCUT2D eigenvalue weighted by Gasteiger charge is -2.07. The van der Waals surface area contributed by atoms with Gasteiger partial charge in [0.2, 0.25) is 0 Å². The molecule has 180 valence electrons. The summed E-state index contributed by atoms with van der Waals surface area (Å²) in [6, 6.07) is 43.8. The van der Waals surface area contributed by atoms with Crippen LogP contribution in [-0.2, 0) is 0 Å². The van der Waals surface area contributed by atoms with E-state index in [0.29, 0.717) is 0 Å². The van der Waals surface area contributed by atoms with E-state index in [1.807, 2.05) is 0 Å². The van der Waals surface area contributed by atoms with E-state index in [4.69, 9.17) is 4.42 Å². The predicted octanol–water partition coefficient (Wildman–Crippen LogP) is 9.83. The van der Waals surface area contributed by atoms with Crippen LogP contribution in [0, 0.1) is 0 Å². The molecule has 0 aliphatic heterocycles. The van der Waals surface area contributed by atoms with Crippen molar-refractivity contribution in [3.05, 3.63) is 121 Å². The Balaban J connectivity index is 1.39. The molecule has 0 fully saturated rings. The van der Waals surface area contributed by atoms with Gasteiger partial charge in [0.1, 0.15) is 11.2 Å². The topological polar surface area (TPSA) is 22.5 Å². The Morgan fingerprint density at radius 2 is 0.949 bits per heavy atom. The number of hydrogen-bond donors (Lipinski definition) is 0. The zero-order valence-corrected chi connectivity index (χ0v) is 20.8. The number of aromatic nitrogens is 2. The highest BCUT2D eigenvalue weighted by Crippen LogP contribution is 2.43. The molecule has 39 heavy (non-hydrogen) atoms. The van der Waals surface area contributed by atoms with E-state index in [-0.39, 0.29) is 0 Å². The molecule has 0 saturated heterocycles. The number of benzene rings is 6. The van der Waals surface area contributed by atoms with Crippen LogP contribution in [0.2, 0.25) is 0 Å². The van der Waals surface area contributed by atoms with E-state index in [9.17, 15) is 0 Å². The quantitative estimate of drug-likeness (QED) is 0.222. The van der Waals surface area contributed by atoms with Gasteiger partial charge in [-0.3, -0.25) is 0 Å². The molecular weight excluding hydrogens is 476 g/mol. The lowest BCUT2D eigenvalue weighted by Crippen LogP contribution is -1.92. The Kier molecular flexibility index (Phi) is 3.44. The van der Waals surface area contributed by atoms with Crippen LogP contribution < -0.4 is 0 Å². The first-order valence-electron chi connectivity index (χ1n) is 13.4. The van der Waals surface area contributed by atoms with E-state index in [1.165, 1.54) is 59.9 Å². The summed E-state index contributed by atoms with van der Waals surface area (Å²) in [5.41, 5.74) is 9.17. The van der Waals surface area contributed by atoms with Gasteiger partial charge in [0.15, 0.2) is 0 Å². The molecule has 10 aromatic rings. The summed E-state index contributed by atoms with van der Waals surface area (Å²) in [5, 5.41) is 9.83. The molecule has 0 amide bonds. The summed E-state index contributed by atoms with van der Waals surface area (Å²) < 4.78 is 11.4. The highest BCUT2D eigenvalue weighted by Gasteiger charge is 2.20. The second-order valence-electron chi connectivity index (χ2n) is 10.6. The van der Waals surface area contributed by atoms with Crippen molar-refractivity contribution in [1.29, 1.82) is 0 Å². The van der Waals surface area contributed by atoms with Gasteiger partial charge in [0.25, 0.3) is 0 Å². The van der Waals surface area contributed by atoms with Crippen molar-refractivity contribution in [3.8, 4) is 5.69 Å². The van der Waals surface area contributed by atoms with Crippen LogP contribution in [0.3, 0.4) is 0 Å².